The molecule has 0 saturated heterocycles. The number of hydrogen-bond acceptors (Lipinski definition) is 3. The summed E-state index contributed by atoms with van der Waals surface area (Å²) in [7, 11) is 0. The summed E-state index contributed by atoms with van der Waals surface area (Å²) in [6.07, 6.45) is 3.28. The first-order valence-corrected chi connectivity index (χ1v) is 6.97. The van der Waals surface area contributed by atoms with Gasteiger partial charge < -0.3 is 0 Å². The van der Waals surface area contributed by atoms with E-state index < -0.39 is 5.82 Å². The first-order valence-electron chi connectivity index (χ1n) is 5.80. The summed E-state index contributed by atoms with van der Waals surface area (Å²) >= 11 is 17.4. The average Bonchev–Trinajstić information content (AvgIpc) is 2.81. The van der Waals surface area contributed by atoms with Crippen LogP contribution in [0.2, 0.25) is 10.0 Å². The molecular formula is C13H7Cl2FN4S. The molecular weight excluding hydrogens is 334 g/mol. The van der Waals surface area contributed by atoms with Crippen LogP contribution in [0.25, 0.3) is 17.1 Å². The van der Waals surface area contributed by atoms with E-state index in [1.807, 2.05) is 6.07 Å². The lowest BCUT2D eigenvalue weighted by molar-refractivity contribution is 0.627. The molecule has 0 aliphatic carbocycles. The van der Waals surface area contributed by atoms with Gasteiger partial charge in [0.1, 0.15) is 5.82 Å². The fourth-order valence-corrected chi connectivity index (χ4v) is 2.79. The van der Waals surface area contributed by atoms with E-state index in [1.54, 1.807) is 23.0 Å². The summed E-state index contributed by atoms with van der Waals surface area (Å²) < 4.78 is 15.2. The van der Waals surface area contributed by atoms with Crippen molar-refractivity contribution >= 4 is 35.4 Å². The molecule has 1 N–H and O–H groups in total. The third-order valence-electron chi connectivity index (χ3n) is 2.80. The highest BCUT2D eigenvalue weighted by molar-refractivity contribution is 7.71. The molecule has 4 nitrogen and oxygen atoms in total. The van der Waals surface area contributed by atoms with Crippen molar-refractivity contribution in [3.05, 3.63) is 57.3 Å². The van der Waals surface area contributed by atoms with Gasteiger partial charge in [0, 0.05) is 18.0 Å². The number of rotatable bonds is 2. The molecule has 0 amide bonds. The van der Waals surface area contributed by atoms with Gasteiger partial charge in [0.15, 0.2) is 10.6 Å². The number of halogens is 3. The largest absolute Gasteiger partial charge is 0.265 e. The topological polar surface area (TPSA) is 46.5 Å². The normalized spacial score (nSPS) is 10.8. The summed E-state index contributed by atoms with van der Waals surface area (Å²) in [5, 5.41) is 7.12. The molecule has 0 bridgehead atoms. The summed E-state index contributed by atoms with van der Waals surface area (Å²) in [6.45, 7) is 0. The number of hydrogen-bond donors (Lipinski definition) is 1. The van der Waals surface area contributed by atoms with E-state index in [1.165, 1.54) is 12.1 Å². The van der Waals surface area contributed by atoms with Crippen LogP contribution < -0.4 is 0 Å². The van der Waals surface area contributed by atoms with E-state index in [-0.39, 0.29) is 10.0 Å². The van der Waals surface area contributed by atoms with Crippen LogP contribution >= 0.6 is 35.4 Å². The third-order valence-corrected chi connectivity index (χ3v) is 3.65. The van der Waals surface area contributed by atoms with Gasteiger partial charge in [-0.2, -0.15) is 5.10 Å². The number of H-pyrrole nitrogens is 1. The third kappa shape index (κ3) is 2.57. The highest BCUT2D eigenvalue weighted by Crippen LogP contribution is 2.32. The molecule has 2 heterocycles. The van der Waals surface area contributed by atoms with Crippen molar-refractivity contribution in [2.75, 3.05) is 0 Å². The minimum Gasteiger partial charge on any atom is -0.265 e. The van der Waals surface area contributed by atoms with Gasteiger partial charge in [0.05, 0.1) is 15.7 Å². The van der Waals surface area contributed by atoms with E-state index >= 15 is 0 Å². The Morgan fingerprint density at radius 2 is 1.95 bits per heavy atom. The van der Waals surface area contributed by atoms with E-state index in [2.05, 4.69) is 15.2 Å². The molecule has 0 unspecified atom stereocenters. The Balaban J connectivity index is 2.30. The lowest BCUT2D eigenvalue weighted by Gasteiger charge is -2.11. The van der Waals surface area contributed by atoms with Crippen molar-refractivity contribution in [3.8, 4) is 17.1 Å². The maximum absolute atomic E-state index is 13.3. The molecule has 106 valence electrons. The molecule has 0 aliphatic rings. The van der Waals surface area contributed by atoms with Crippen LogP contribution in [0, 0.1) is 10.6 Å². The van der Waals surface area contributed by atoms with Crippen LogP contribution in [-0.2, 0) is 0 Å². The Hall–Kier alpha value is -1.76. The van der Waals surface area contributed by atoms with E-state index in [0.29, 0.717) is 16.3 Å². The van der Waals surface area contributed by atoms with Gasteiger partial charge in [0.25, 0.3) is 0 Å². The molecule has 0 atom stereocenters. The van der Waals surface area contributed by atoms with Crippen molar-refractivity contribution < 1.29 is 4.39 Å². The van der Waals surface area contributed by atoms with Crippen LogP contribution in [0.3, 0.4) is 0 Å². The molecule has 8 heteroatoms. The average molecular weight is 341 g/mol. The first-order chi connectivity index (χ1) is 10.1. The van der Waals surface area contributed by atoms with E-state index in [4.69, 9.17) is 35.4 Å². The molecule has 0 aliphatic heterocycles. The fourth-order valence-electron chi connectivity index (χ4n) is 1.94. The minimum atomic E-state index is -0.522. The van der Waals surface area contributed by atoms with Crippen molar-refractivity contribution in [3.63, 3.8) is 0 Å². The van der Waals surface area contributed by atoms with Gasteiger partial charge in [-0.15, -0.1) is 0 Å². The van der Waals surface area contributed by atoms with Crippen molar-refractivity contribution in [2.24, 2.45) is 0 Å². The maximum Gasteiger partial charge on any atom is 0.200 e. The highest BCUT2D eigenvalue weighted by Gasteiger charge is 2.17. The zero-order valence-corrected chi connectivity index (χ0v) is 12.7. The van der Waals surface area contributed by atoms with Gasteiger partial charge >= 0.3 is 0 Å². The second kappa shape index (κ2) is 5.55. The Morgan fingerprint density at radius 1 is 1.24 bits per heavy atom. The van der Waals surface area contributed by atoms with Crippen molar-refractivity contribution in [2.45, 2.75) is 0 Å². The lowest BCUT2D eigenvalue weighted by atomic mass is 10.2. The second-order valence-electron chi connectivity index (χ2n) is 4.15. The molecule has 0 fully saturated rings. The maximum atomic E-state index is 13.3. The number of nitrogens with zero attached hydrogens (tertiary/aromatic N) is 3. The predicted octanol–water partition coefficient (Wildman–Crippen LogP) is 4.44. The molecule has 21 heavy (non-hydrogen) atoms. The molecule has 3 aromatic rings. The monoisotopic (exact) mass is 340 g/mol. The second-order valence-corrected chi connectivity index (χ2v) is 5.35. The smallest absolute Gasteiger partial charge is 0.200 e. The Bertz CT molecular complexity index is 837. The quantitative estimate of drug-likeness (QED) is 0.701. The summed E-state index contributed by atoms with van der Waals surface area (Å²) in [4.78, 5) is 4.04. The van der Waals surface area contributed by atoms with Crippen LogP contribution in [0.1, 0.15) is 0 Å². The zero-order valence-electron chi connectivity index (χ0n) is 10.3. The Kier molecular flexibility index (Phi) is 3.75. The number of benzene rings is 1. The number of aromatic amines is 1. The molecule has 2 aromatic heterocycles. The highest BCUT2D eigenvalue weighted by atomic mass is 35.5. The van der Waals surface area contributed by atoms with E-state index in [9.17, 15) is 4.39 Å². The molecule has 0 radical (unpaired) electrons. The number of pyridine rings is 1. The van der Waals surface area contributed by atoms with Crippen molar-refractivity contribution in [1.29, 1.82) is 0 Å². The number of aromatic nitrogens is 4. The van der Waals surface area contributed by atoms with Crippen LogP contribution in [0.15, 0.2) is 36.7 Å². The van der Waals surface area contributed by atoms with Gasteiger partial charge in [-0.05, 0) is 36.5 Å². The van der Waals surface area contributed by atoms with Crippen LogP contribution in [0.5, 0.6) is 0 Å². The van der Waals surface area contributed by atoms with Gasteiger partial charge in [-0.3, -0.25) is 14.6 Å². The van der Waals surface area contributed by atoms with Crippen LogP contribution in [-0.4, -0.2) is 19.7 Å². The van der Waals surface area contributed by atoms with Gasteiger partial charge in [0.2, 0.25) is 0 Å². The summed E-state index contributed by atoms with van der Waals surface area (Å²) in [6, 6.07) is 5.93. The summed E-state index contributed by atoms with van der Waals surface area (Å²) in [5.41, 5.74) is 1.10. The summed E-state index contributed by atoms with van der Waals surface area (Å²) in [5.74, 6) is -0.0322. The minimum absolute atomic E-state index is 0.141. The van der Waals surface area contributed by atoms with Gasteiger partial charge in [-0.25, -0.2) is 4.39 Å². The molecule has 1 aromatic carbocycles. The van der Waals surface area contributed by atoms with Crippen molar-refractivity contribution in [1.82, 2.24) is 19.7 Å². The van der Waals surface area contributed by atoms with Gasteiger partial charge in [-0.1, -0.05) is 23.2 Å². The lowest BCUT2D eigenvalue weighted by Crippen LogP contribution is -2.00. The Labute approximate surface area is 134 Å². The zero-order chi connectivity index (χ0) is 15.0. The predicted molar refractivity (Wildman–Crippen MR) is 82.0 cm³/mol. The Morgan fingerprint density at radius 3 is 2.57 bits per heavy atom. The standard InChI is InChI=1S/C13H7Cl2FN4S/c14-9-4-8(16)5-10(15)11(9)20-12(18-19-13(20)21)7-2-1-3-17-6-7/h1-6H,(H,19,21). The first kappa shape index (κ1) is 14.2. The molecule has 0 saturated carbocycles. The van der Waals surface area contributed by atoms with Crippen LogP contribution in [0.4, 0.5) is 4.39 Å². The van der Waals surface area contributed by atoms with E-state index in [0.717, 1.165) is 5.56 Å². The number of nitrogens with one attached hydrogen (secondary N) is 1. The SMILES string of the molecule is Fc1cc(Cl)c(-n2c(-c3cccnc3)n[nH]c2=S)c(Cl)c1. The fraction of sp³-hybridized carbons (Fsp3) is 0. The molecule has 3 rings (SSSR count). The molecule has 0 spiro atoms.